The van der Waals surface area contributed by atoms with Gasteiger partial charge in [0.25, 0.3) is 0 Å². The molecular formula is C20H18BrNO2. The third kappa shape index (κ3) is 2.46. The highest BCUT2D eigenvalue weighted by atomic mass is 79.9. The highest BCUT2D eigenvalue weighted by Crippen LogP contribution is 2.50. The first kappa shape index (κ1) is 15.5. The first-order valence-electron chi connectivity index (χ1n) is 8.09. The van der Waals surface area contributed by atoms with E-state index < -0.39 is 0 Å². The standard InChI is InChI=1S/C20H18BrNO2/c1-24-20(23)12-9-10-18-16(11-12)13-6-4-7-14(13)19(22-18)15-5-2-3-8-17(15)21/h2-6,8-11,13-14,19,22H,7H2,1H3/t13-,14-,19+/m1/s1. The minimum atomic E-state index is -0.288. The van der Waals surface area contributed by atoms with Gasteiger partial charge in [-0.1, -0.05) is 46.3 Å². The number of hydrogen-bond acceptors (Lipinski definition) is 3. The normalized spacial score (nSPS) is 24.0. The highest BCUT2D eigenvalue weighted by molar-refractivity contribution is 9.10. The minimum absolute atomic E-state index is 0.247. The maximum absolute atomic E-state index is 11.9. The smallest absolute Gasteiger partial charge is 0.337 e. The summed E-state index contributed by atoms with van der Waals surface area (Å²) in [5, 5.41) is 3.69. The van der Waals surface area contributed by atoms with Crippen LogP contribution in [0.4, 0.5) is 5.69 Å². The van der Waals surface area contributed by atoms with Gasteiger partial charge >= 0.3 is 5.97 Å². The lowest BCUT2D eigenvalue weighted by Crippen LogP contribution is -2.29. The van der Waals surface area contributed by atoms with E-state index in [0.717, 1.165) is 16.6 Å². The molecule has 2 aromatic rings. The largest absolute Gasteiger partial charge is 0.465 e. The fourth-order valence-corrected chi connectivity index (χ4v) is 4.41. The van der Waals surface area contributed by atoms with Gasteiger partial charge in [0.2, 0.25) is 0 Å². The first-order chi connectivity index (χ1) is 11.7. The van der Waals surface area contributed by atoms with Crippen LogP contribution in [0, 0.1) is 5.92 Å². The lowest BCUT2D eigenvalue weighted by atomic mass is 9.76. The molecule has 0 radical (unpaired) electrons. The molecule has 24 heavy (non-hydrogen) atoms. The summed E-state index contributed by atoms with van der Waals surface area (Å²) >= 11 is 3.69. The number of esters is 1. The van der Waals surface area contributed by atoms with E-state index in [2.05, 4.69) is 51.6 Å². The van der Waals surface area contributed by atoms with Gasteiger partial charge in [-0.05, 0) is 47.7 Å². The molecule has 4 heteroatoms. The molecular weight excluding hydrogens is 366 g/mol. The number of hydrogen-bond donors (Lipinski definition) is 1. The van der Waals surface area contributed by atoms with E-state index in [0.29, 0.717) is 17.4 Å². The number of carbonyl (C=O) groups is 1. The Kier molecular flexibility index (Phi) is 3.93. The lowest BCUT2D eigenvalue weighted by Gasteiger charge is -2.38. The molecule has 1 N–H and O–H groups in total. The van der Waals surface area contributed by atoms with Crippen LogP contribution in [0.5, 0.6) is 0 Å². The van der Waals surface area contributed by atoms with E-state index in [1.807, 2.05) is 24.3 Å². The monoisotopic (exact) mass is 383 g/mol. The van der Waals surface area contributed by atoms with E-state index in [-0.39, 0.29) is 12.0 Å². The third-order valence-electron chi connectivity index (χ3n) is 5.02. The number of benzene rings is 2. The van der Waals surface area contributed by atoms with E-state index in [1.54, 1.807) is 0 Å². The molecule has 3 atom stereocenters. The molecule has 0 fully saturated rings. The van der Waals surface area contributed by atoms with Gasteiger partial charge in [-0.15, -0.1) is 0 Å². The summed E-state index contributed by atoms with van der Waals surface area (Å²) in [6.07, 6.45) is 5.56. The molecule has 4 rings (SSSR count). The van der Waals surface area contributed by atoms with Crippen molar-refractivity contribution in [1.29, 1.82) is 0 Å². The Balaban J connectivity index is 1.78. The van der Waals surface area contributed by atoms with Gasteiger partial charge in [-0.25, -0.2) is 4.79 Å². The van der Waals surface area contributed by atoms with Crippen molar-refractivity contribution in [3.63, 3.8) is 0 Å². The number of ether oxygens (including phenoxy) is 1. The summed E-state index contributed by atoms with van der Waals surface area (Å²) in [7, 11) is 1.42. The molecule has 3 nitrogen and oxygen atoms in total. The predicted octanol–water partition coefficient (Wildman–Crippen LogP) is 5.06. The number of carbonyl (C=O) groups excluding carboxylic acids is 1. The zero-order chi connectivity index (χ0) is 16.7. The molecule has 1 aliphatic heterocycles. The van der Waals surface area contributed by atoms with Crippen molar-refractivity contribution < 1.29 is 9.53 Å². The van der Waals surface area contributed by atoms with E-state index in [4.69, 9.17) is 4.74 Å². The van der Waals surface area contributed by atoms with E-state index in [1.165, 1.54) is 18.2 Å². The van der Waals surface area contributed by atoms with Crippen LogP contribution in [0.3, 0.4) is 0 Å². The van der Waals surface area contributed by atoms with Gasteiger partial charge in [-0.3, -0.25) is 0 Å². The van der Waals surface area contributed by atoms with Gasteiger partial charge < -0.3 is 10.1 Å². The Labute approximate surface area is 149 Å². The second kappa shape index (κ2) is 6.10. The van der Waals surface area contributed by atoms with E-state index >= 15 is 0 Å². The number of allylic oxidation sites excluding steroid dienone is 2. The summed E-state index contributed by atoms with van der Waals surface area (Å²) in [5.41, 5.74) is 4.16. The van der Waals surface area contributed by atoms with Crippen LogP contribution >= 0.6 is 15.9 Å². The van der Waals surface area contributed by atoms with Crippen LogP contribution in [0.25, 0.3) is 0 Å². The highest BCUT2D eigenvalue weighted by Gasteiger charge is 2.38. The minimum Gasteiger partial charge on any atom is -0.465 e. The van der Waals surface area contributed by atoms with Crippen molar-refractivity contribution in [3.05, 3.63) is 75.8 Å². The van der Waals surface area contributed by atoms with Gasteiger partial charge in [0.15, 0.2) is 0 Å². The Morgan fingerprint density at radius 2 is 2.04 bits per heavy atom. The zero-order valence-electron chi connectivity index (χ0n) is 13.3. The summed E-state index contributed by atoms with van der Waals surface area (Å²) in [5.74, 6) is 0.483. The molecule has 1 aliphatic carbocycles. The molecule has 122 valence electrons. The molecule has 0 aromatic heterocycles. The molecule has 0 amide bonds. The number of halogens is 1. The maximum atomic E-state index is 11.9. The van der Waals surface area contributed by atoms with Crippen LogP contribution in [-0.4, -0.2) is 13.1 Å². The van der Waals surface area contributed by atoms with Crippen LogP contribution in [0.1, 0.15) is 39.9 Å². The molecule has 0 saturated heterocycles. The fourth-order valence-electron chi connectivity index (χ4n) is 3.87. The molecule has 2 aromatic carbocycles. The number of nitrogens with one attached hydrogen (secondary N) is 1. The summed E-state index contributed by atoms with van der Waals surface area (Å²) < 4.78 is 5.99. The molecule has 2 aliphatic rings. The van der Waals surface area contributed by atoms with Crippen molar-refractivity contribution in [2.24, 2.45) is 5.92 Å². The summed E-state index contributed by atoms with van der Waals surface area (Å²) in [6.45, 7) is 0. The average molecular weight is 384 g/mol. The average Bonchev–Trinajstić information content (AvgIpc) is 3.10. The van der Waals surface area contributed by atoms with Crippen molar-refractivity contribution in [2.75, 3.05) is 12.4 Å². The molecule has 1 heterocycles. The second-order valence-electron chi connectivity index (χ2n) is 6.29. The zero-order valence-corrected chi connectivity index (χ0v) is 14.9. The first-order valence-corrected chi connectivity index (χ1v) is 8.88. The predicted molar refractivity (Wildman–Crippen MR) is 98.3 cm³/mol. The quantitative estimate of drug-likeness (QED) is 0.581. The maximum Gasteiger partial charge on any atom is 0.337 e. The molecule has 0 saturated carbocycles. The Morgan fingerprint density at radius 3 is 2.83 bits per heavy atom. The molecule has 0 spiro atoms. The van der Waals surface area contributed by atoms with Crippen LogP contribution < -0.4 is 5.32 Å². The fraction of sp³-hybridized carbons (Fsp3) is 0.250. The molecule has 0 bridgehead atoms. The van der Waals surface area contributed by atoms with Gasteiger partial charge in [0.1, 0.15) is 0 Å². The van der Waals surface area contributed by atoms with Crippen molar-refractivity contribution >= 4 is 27.6 Å². The number of anilines is 1. The van der Waals surface area contributed by atoms with Crippen molar-refractivity contribution in [2.45, 2.75) is 18.4 Å². The van der Waals surface area contributed by atoms with Gasteiger partial charge in [0, 0.05) is 16.1 Å². The number of methoxy groups -OCH3 is 1. The topological polar surface area (TPSA) is 38.3 Å². The van der Waals surface area contributed by atoms with Crippen molar-refractivity contribution in [3.8, 4) is 0 Å². The lowest BCUT2D eigenvalue weighted by molar-refractivity contribution is 0.0600. The SMILES string of the molecule is COC(=O)c1ccc2c(c1)[C@@H]1C=CC[C@H]1[C@@H](c1ccccc1Br)N2. The van der Waals surface area contributed by atoms with Crippen molar-refractivity contribution in [1.82, 2.24) is 0 Å². The van der Waals surface area contributed by atoms with Crippen LogP contribution in [0.15, 0.2) is 59.1 Å². The van der Waals surface area contributed by atoms with Gasteiger partial charge in [0.05, 0.1) is 18.7 Å². The number of rotatable bonds is 2. The van der Waals surface area contributed by atoms with Gasteiger partial charge in [-0.2, -0.15) is 0 Å². The van der Waals surface area contributed by atoms with E-state index in [9.17, 15) is 4.79 Å². The third-order valence-corrected chi connectivity index (χ3v) is 5.75. The Bertz CT molecular complexity index is 830. The summed E-state index contributed by atoms with van der Waals surface area (Å²) in [4.78, 5) is 11.9. The summed E-state index contributed by atoms with van der Waals surface area (Å²) in [6, 6.07) is 14.4. The van der Waals surface area contributed by atoms with Crippen LogP contribution in [0.2, 0.25) is 0 Å². The number of fused-ring (bicyclic) bond motifs is 3. The van der Waals surface area contributed by atoms with Crippen LogP contribution in [-0.2, 0) is 4.74 Å². The second-order valence-corrected chi connectivity index (χ2v) is 7.14. The molecule has 0 unspecified atom stereocenters. The Hall–Kier alpha value is -2.07. The Morgan fingerprint density at radius 1 is 1.21 bits per heavy atom.